The Kier molecular flexibility index (Phi) is 6.47. The van der Waals surface area contributed by atoms with Crippen LogP contribution in [0.5, 0.6) is 11.6 Å². The van der Waals surface area contributed by atoms with Crippen LogP contribution in [0.2, 0.25) is 0 Å². The monoisotopic (exact) mass is 330 g/mol. The first-order valence-corrected chi connectivity index (χ1v) is 8.87. The van der Waals surface area contributed by atoms with Crippen molar-refractivity contribution in [1.29, 1.82) is 0 Å². The molecule has 0 aliphatic rings. The number of thioether (sulfide) groups is 1. The molecule has 0 saturated heterocycles. The third-order valence-corrected chi connectivity index (χ3v) is 4.03. The number of pyridine rings is 1. The Labute approximate surface area is 141 Å². The third-order valence-electron chi connectivity index (χ3n) is 3.29. The number of carbonyl (C=O) groups excluding carboxylic acids is 1. The fourth-order valence-electron chi connectivity index (χ4n) is 1.92. The van der Waals surface area contributed by atoms with Gasteiger partial charge in [0.15, 0.2) is 0 Å². The Morgan fingerprint density at radius 3 is 2.52 bits per heavy atom. The highest BCUT2D eigenvalue weighted by Crippen LogP contribution is 2.23. The molecule has 0 bridgehead atoms. The van der Waals surface area contributed by atoms with E-state index in [-0.39, 0.29) is 5.91 Å². The van der Waals surface area contributed by atoms with E-state index in [0.29, 0.717) is 23.9 Å². The molecule has 122 valence electrons. The third kappa shape index (κ3) is 5.60. The molecule has 1 aromatic heterocycles. The van der Waals surface area contributed by atoms with Crippen LogP contribution >= 0.6 is 11.8 Å². The largest absolute Gasteiger partial charge is 0.439 e. The van der Waals surface area contributed by atoms with E-state index in [4.69, 9.17) is 4.74 Å². The standard InChI is InChI=1S/C18H22N2O2S/c1-13(2)10-11-19-18(21)14-4-9-17(20-12-14)22-15-5-7-16(23-3)8-6-15/h4-9,12-13H,10-11H2,1-3H3,(H,19,21). The first kappa shape index (κ1) is 17.3. The number of nitrogens with zero attached hydrogens (tertiary/aromatic N) is 1. The van der Waals surface area contributed by atoms with Crippen molar-refractivity contribution in [3.05, 3.63) is 48.2 Å². The van der Waals surface area contributed by atoms with Crippen LogP contribution < -0.4 is 10.1 Å². The number of benzene rings is 1. The van der Waals surface area contributed by atoms with Gasteiger partial charge in [-0.05, 0) is 48.9 Å². The van der Waals surface area contributed by atoms with E-state index in [1.165, 1.54) is 11.1 Å². The molecule has 0 fully saturated rings. The Hall–Kier alpha value is -2.01. The average molecular weight is 330 g/mol. The van der Waals surface area contributed by atoms with Gasteiger partial charge in [0.2, 0.25) is 5.88 Å². The first-order valence-electron chi connectivity index (χ1n) is 7.64. The second kappa shape index (κ2) is 8.58. The zero-order valence-corrected chi connectivity index (χ0v) is 14.5. The molecular weight excluding hydrogens is 308 g/mol. The summed E-state index contributed by atoms with van der Waals surface area (Å²) in [7, 11) is 0. The van der Waals surface area contributed by atoms with Gasteiger partial charge in [-0.3, -0.25) is 4.79 Å². The van der Waals surface area contributed by atoms with E-state index in [0.717, 1.165) is 12.2 Å². The summed E-state index contributed by atoms with van der Waals surface area (Å²) in [4.78, 5) is 17.3. The summed E-state index contributed by atoms with van der Waals surface area (Å²) in [5.74, 6) is 1.67. The van der Waals surface area contributed by atoms with Gasteiger partial charge in [0, 0.05) is 23.7 Å². The van der Waals surface area contributed by atoms with E-state index in [9.17, 15) is 4.79 Å². The van der Waals surface area contributed by atoms with E-state index >= 15 is 0 Å². The molecule has 0 spiro atoms. The lowest BCUT2D eigenvalue weighted by Crippen LogP contribution is -2.25. The van der Waals surface area contributed by atoms with E-state index in [2.05, 4.69) is 24.1 Å². The smallest absolute Gasteiger partial charge is 0.252 e. The number of hydrogen-bond acceptors (Lipinski definition) is 4. The molecule has 4 nitrogen and oxygen atoms in total. The van der Waals surface area contributed by atoms with Crippen LogP contribution in [0.25, 0.3) is 0 Å². The summed E-state index contributed by atoms with van der Waals surface area (Å²) in [6.07, 6.45) is 4.53. The van der Waals surface area contributed by atoms with Gasteiger partial charge in [-0.2, -0.15) is 0 Å². The van der Waals surface area contributed by atoms with Gasteiger partial charge in [0.1, 0.15) is 5.75 Å². The van der Waals surface area contributed by atoms with Crippen molar-refractivity contribution < 1.29 is 9.53 Å². The molecule has 1 heterocycles. The van der Waals surface area contributed by atoms with Crippen LogP contribution in [0.1, 0.15) is 30.6 Å². The van der Waals surface area contributed by atoms with Crippen LogP contribution in [-0.2, 0) is 0 Å². The van der Waals surface area contributed by atoms with Gasteiger partial charge < -0.3 is 10.1 Å². The average Bonchev–Trinajstić information content (AvgIpc) is 2.56. The fourth-order valence-corrected chi connectivity index (χ4v) is 2.32. The van der Waals surface area contributed by atoms with Crippen molar-refractivity contribution in [2.24, 2.45) is 5.92 Å². The molecule has 1 aromatic carbocycles. The van der Waals surface area contributed by atoms with Crippen LogP contribution in [0, 0.1) is 5.92 Å². The predicted molar refractivity (Wildman–Crippen MR) is 94.3 cm³/mol. The SMILES string of the molecule is CSc1ccc(Oc2ccc(C(=O)NCCC(C)C)cn2)cc1. The van der Waals surface area contributed by atoms with Crippen LogP contribution in [0.3, 0.4) is 0 Å². The summed E-state index contributed by atoms with van der Waals surface area (Å²) in [5.41, 5.74) is 0.541. The molecule has 1 amide bonds. The van der Waals surface area contributed by atoms with Gasteiger partial charge >= 0.3 is 0 Å². The number of ether oxygens (including phenoxy) is 1. The summed E-state index contributed by atoms with van der Waals surface area (Å²) in [5, 5.41) is 2.89. The van der Waals surface area contributed by atoms with Gasteiger partial charge in [0.05, 0.1) is 5.56 Å². The zero-order chi connectivity index (χ0) is 16.7. The Balaban J connectivity index is 1.91. The lowest BCUT2D eigenvalue weighted by molar-refractivity contribution is 0.0951. The van der Waals surface area contributed by atoms with Crippen molar-refractivity contribution in [2.45, 2.75) is 25.2 Å². The molecule has 0 aliphatic heterocycles. The zero-order valence-electron chi connectivity index (χ0n) is 13.7. The molecule has 2 rings (SSSR count). The highest BCUT2D eigenvalue weighted by Gasteiger charge is 2.07. The van der Waals surface area contributed by atoms with Crippen molar-refractivity contribution in [2.75, 3.05) is 12.8 Å². The second-order valence-electron chi connectivity index (χ2n) is 5.60. The van der Waals surface area contributed by atoms with Crippen molar-refractivity contribution >= 4 is 17.7 Å². The number of hydrogen-bond donors (Lipinski definition) is 1. The highest BCUT2D eigenvalue weighted by molar-refractivity contribution is 7.98. The first-order chi connectivity index (χ1) is 11.1. The molecule has 0 saturated carbocycles. The predicted octanol–water partition coefficient (Wildman–Crippen LogP) is 4.37. The van der Waals surface area contributed by atoms with Gasteiger partial charge in [-0.15, -0.1) is 11.8 Å². The molecule has 2 aromatic rings. The number of carbonyl (C=O) groups is 1. The van der Waals surface area contributed by atoms with Crippen molar-refractivity contribution in [1.82, 2.24) is 10.3 Å². The summed E-state index contributed by atoms with van der Waals surface area (Å²) in [6, 6.07) is 11.2. The maximum absolute atomic E-state index is 12.0. The second-order valence-corrected chi connectivity index (χ2v) is 6.48. The minimum absolute atomic E-state index is 0.103. The summed E-state index contributed by atoms with van der Waals surface area (Å²) in [6.45, 7) is 4.94. The molecule has 0 atom stereocenters. The number of aromatic nitrogens is 1. The normalized spacial score (nSPS) is 10.6. The van der Waals surface area contributed by atoms with E-state index in [1.54, 1.807) is 23.9 Å². The summed E-state index contributed by atoms with van der Waals surface area (Å²) < 4.78 is 5.67. The maximum Gasteiger partial charge on any atom is 0.252 e. The van der Waals surface area contributed by atoms with Gasteiger partial charge in [-0.25, -0.2) is 4.98 Å². The number of rotatable bonds is 7. The van der Waals surface area contributed by atoms with Crippen LogP contribution in [0.4, 0.5) is 0 Å². The van der Waals surface area contributed by atoms with Gasteiger partial charge in [-0.1, -0.05) is 13.8 Å². The van der Waals surface area contributed by atoms with E-state index < -0.39 is 0 Å². The fraction of sp³-hybridized carbons (Fsp3) is 0.333. The lowest BCUT2D eigenvalue weighted by Gasteiger charge is -2.08. The van der Waals surface area contributed by atoms with Crippen molar-refractivity contribution in [3.8, 4) is 11.6 Å². The molecule has 1 N–H and O–H groups in total. The van der Waals surface area contributed by atoms with Crippen molar-refractivity contribution in [3.63, 3.8) is 0 Å². The Bertz CT molecular complexity index is 624. The minimum Gasteiger partial charge on any atom is -0.439 e. The molecular formula is C18H22N2O2S. The molecule has 23 heavy (non-hydrogen) atoms. The minimum atomic E-state index is -0.103. The maximum atomic E-state index is 12.0. The van der Waals surface area contributed by atoms with E-state index in [1.807, 2.05) is 30.5 Å². The highest BCUT2D eigenvalue weighted by atomic mass is 32.2. The topological polar surface area (TPSA) is 51.2 Å². The van der Waals surface area contributed by atoms with Crippen LogP contribution in [0.15, 0.2) is 47.5 Å². The molecule has 0 unspecified atom stereocenters. The summed E-state index contributed by atoms with van der Waals surface area (Å²) >= 11 is 1.68. The number of nitrogens with one attached hydrogen (secondary N) is 1. The molecule has 0 aliphatic carbocycles. The number of amides is 1. The van der Waals surface area contributed by atoms with Gasteiger partial charge in [0.25, 0.3) is 5.91 Å². The Morgan fingerprint density at radius 2 is 1.96 bits per heavy atom. The quantitative estimate of drug-likeness (QED) is 0.766. The molecule has 5 heteroatoms. The Morgan fingerprint density at radius 1 is 1.22 bits per heavy atom. The van der Waals surface area contributed by atoms with Crippen LogP contribution in [-0.4, -0.2) is 23.7 Å². The molecule has 0 radical (unpaired) electrons. The lowest BCUT2D eigenvalue weighted by atomic mass is 10.1.